The Hall–Kier alpha value is -3.83. The second-order valence-electron chi connectivity index (χ2n) is 9.76. The van der Waals surface area contributed by atoms with Crippen LogP contribution in [0.15, 0.2) is 48.5 Å². The Bertz CT molecular complexity index is 1390. The molecule has 12 heteroatoms. The summed E-state index contributed by atoms with van der Waals surface area (Å²) in [7, 11) is 1.43. The van der Waals surface area contributed by atoms with Crippen LogP contribution in [0, 0.1) is 11.3 Å². The van der Waals surface area contributed by atoms with E-state index in [2.05, 4.69) is 14.6 Å². The van der Waals surface area contributed by atoms with Crippen LogP contribution in [0.2, 0.25) is 0 Å². The van der Waals surface area contributed by atoms with Crippen LogP contribution in [0.4, 0.5) is 27.6 Å². The van der Waals surface area contributed by atoms with Gasteiger partial charge in [0, 0.05) is 35.8 Å². The van der Waals surface area contributed by atoms with Crippen LogP contribution in [0.3, 0.4) is 0 Å². The van der Waals surface area contributed by atoms with Crippen LogP contribution in [0.25, 0.3) is 5.69 Å². The quantitative estimate of drug-likeness (QED) is 0.392. The van der Waals surface area contributed by atoms with E-state index in [0.29, 0.717) is 12.5 Å². The molecule has 4 aliphatic rings. The molecule has 1 amide bonds. The number of aromatic nitrogens is 2. The van der Waals surface area contributed by atoms with E-state index in [1.165, 1.54) is 54.4 Å². The SMILES string of the molecule is CN(C(=O)c1cccc(-n2nc(C(F)(F)F)cc2OCC23CC(C2)C3)c1)c1ccc2c(c1)OC(F)(F)O2. The minimum Gasteiger partial charge on any atom is -0.477 e. The molecule has 3 aromatic rings. The van der Waals surface area contributed by atoms with E-state index in [4.69, 9.17) is 4.74 Å². The van der Waals surface area contributed by atoms with Crippen molar-refractivity contribution in [3.63, 3.8) is 0 Å². The molecular weight excluding hydrogens is 501 g/mol. The molecule has 7 nitrogen and oxygen atoms in total. The normalized spacial score (nSPS) is 22.7. The first-order chi connectivity index (χ1) is 17.4. The van der Waals surface area contributed by atoms with Crippen LogP contribution < -0.4 is 19.1 Å². The molecule has 7 rings (SSSR count). The fourth-order valence-corrected chi connectivity index (χ4v) is 5.08. The molecule has 3 fully saturated rings. The van der Waals surface area contributed by atoms with Gasteiger partial charge >= 0.3 is 12.5 Å². The number of anilines is 1. The predicted octanol–water partition coefficient (Wildman–Crippen LogP) is 5.67. The highest BCUT2D eigenvalue weighted by atomic mass is 19.4. The minimum atomic E-state index is -4.68. The summed E-state index contributed by atoms with van der Waals surface area (Å²) in [6.45, 7) is 0.303. The molecule has 0 N–H and O–H groups in total. The van der Waals surface area contributed by atoms with Gasteiger partial charge in [-0.25, -0.2) is 4.68 Å². The Balaban J connectivity index is 1.27. The smallest absolute Gasteiger partial charge is 0.477 e. The number of carbonyl (C=O) groups is 1. The van der Waals surface area contributed by atoms with Crippen molar-refractivity contribution in [1.82, 2.24) is 9.78 Å². The number of hydrogen-bond donors (Lipinski definition) is 0. The lowest BCUT2D eigenvalue weighted by atomic mass is 9.45. The number of rotatable bonds is 6. The molecule has 194 valence electrons. The molecule has 2 heterocycles. The fraction of sp³-hybridized carbons (Fsp3) is 0.360. The van der Waals surface area contributed by atoms with Gasteiger partial charge < -0.3 is 19.1 Å². The van der Waals surface area contributed by atoms with Crippen molar-refractivity contribution in [2.24, 2.45) is 11.3 Å². The minimum absolute atomic E-state index is 0.0350. The first-order valence-electron chi connectivity index (χ1n) is 11.5. The van der Waals surface area contributed by atoms with E-state index in [1.54, 1.807) is 0 Å². The molecule has 3 saturated carbocycles. The maximum Gasteiger partial charge on any atom is 0.586 e. The largest absolute Gasteiger partial charge is 0.586 e. The van der Waals surface area contributed by atoms with E-state index in [0.717, 1.165) is 30.0 Å². The second kappa shape index (κ2) is 7.83. The molecule has 2 aromatic carbocycles. The molecular formula is C25H20F5N3O4. The Morgan fingerprint density at radius 2 is 1.84 bits per heavy atom. The molecule has 37 heavy (non-hydrogen) atoms. The van der Waals surface area contributed by atoms with Gasteiger partial charge in [0.05, 0.1) is 12.3 Å². The number of amides is 1. The number of alkyl halides is 5. The van der Waals surface area contributed by atoms with E-state index in [9.17, 15) is 26.7 Å². The Morgan fingerprint density at radius 1 is 1.11 bits per heavy atom. The summed E-state index contributed by atoms with van der Waals surface area (Å²) in [5.74, 6) is -0.293. The van der Waals surface area contributed by atoms with Crippen LogP contribution in [-0.2, 0) is 6.18 Å². The Morgan fingerprint density at radius 3 is 2.51 bits per heavy atom. The van der Waals surface area contributed by atoms with Gasteiger partial charge in [0.2, 0.25) is 5.88 Å². The average molecular weight is 521 g/mol. The standard InChI is InChI=1S/C25H20F5N3O4/c1-32(16-5-6-18-19(8-16)37-25(29,30)36-18)22(34)15-3-2-4-17(7-15)33-21(9-20(31-33)24(26,27)28)35-13-23-10-14(11-23)12-23/h2-9,14H,10-13H2,1H3. The maximum atomic E-state index is 13.4. The van der Waals surface area contributed by atoms with Gasteiger partial charge in [0.1, 0.15) is 0 Å². The summed E-state index contributed by atoms with van der Waals surface area (Å²) in [5, 5.41) is 3.71. The summed E-state index contributed by atoms with van der Waals surface area (Å²) in [6.07, 6.45) is -5.43. The van der Waals surface area contributed by atoms with Crippen molar-refractivity contribution < 1.29 is 41.0 Å². The molecule has 0 unspecified atom stereocenters. The second-order valence-corrected chi connectivity index (χ2v) is 9.76. The van der Waals surface area contributed by atoms with Gasteiger partial charge in [-0.1, -0.05) is 6.07 Å². The molecule has 0 radical (unpaired) electrons. The number of carbonyl (C=O) groups excluding carboxylic acids is 1. The number of ether oxygens (including phenoxy) is 3. The van der Waals surface area contributed by atoms with Crippen LogP contribution in [0.5, 0.6) is 17.4 Å². The molecule has 0 spiro atoms. The van der Waals surface area contributed by atoms with Crippen molar-refractivity contribution in [3.05, 3.63) is 59.8 Å². The maximum absolute atomic E-state index is 13.4. The summed E-state index contributed by atoms with van der Waals surface area (Å²) < 4.78 is 82.7. The van der Waals surface area contributed by atoms with Gasteiger partial charge in [0.15, 0.2) is 17.2 Å². The topological polar surface area (TPSA) is 65.8 Å². The van der Waals surface area contributed by atoms with Gasteiger partial charge in [-0.3, -0.25) is 4.79 Å². The number of nitrogens with zero attached hydrogens (tertiary/aromatic N) is 3. The highest BCUT2D eigenvalue weighted by Gasteiger charge is 2.57. The molecule has 0 saturated heterocycles. The lowest BCUT2D eigenvalue weighted by Gasteiger charge is -2.61. The number of hydrogen-bond acceptors (Lipinski definition) is 5. The highest BCUT2D eigenvalue weighted by molar-refractivity contribution is 6.06. The van der Waals surface area contributed by atoms with Gasteiger partial charge in [-0.05, 0) is 55.5 Å². The lowest BCUT2D eigenvalue weighted by Crippen LogP contribution is -2.55. The molecule has 1 aliphatic heterocycles. The average Bonchev–Trinajstić information content (AvgIpc) is 3.35. The van der Waals surface area contributed by atoms with E-state index >= 15 is 0 Å². The zero-order valence-corrected chi connectivity index (χ0v) is 19.4. The zero-order valence-electron chi connectivity index (χ0n) is 19.4. The van der Waals surface area contributed by atoms with Crippen molar-refractivity contribution in [2.45, 2.75) is 31.7 Å². The molecule has 0 atom stereocenters. The number of benzene rings is 2. The van der Waals surface area contributed by atoms with Gasteiger partial charge in [-0.15, -0.1) is 8.78 Å². The van der Waals surface area contributed by atoms with Gasteiger partial charge in [0.25, 0.3) is 5.91 Å². The van der Waals surface area contributed by atoms with Gasteiger partial charge in [-0.2, -0.15) is 18.3 Å². The fourth-order valence-electron chi connectivity index (χ4n) is 5.08. The number of fused-ring (bicyclic) bond motifs is 1. The number of halogens is 5. The Kier molecular flexibility index (Phi) is 4.99. The highest BCUT2D eigenvalue weighted by Crippen LogP contribution is 2.64. The summed E-state index contributed by atoms with van der Waals surface area (Å²) >= 11 is 0. The summed E-state index contributed by atoms with van der Waals surface area (Å²) in [5.41, 5.74) is -0.486. The first-order valence-corrected chi connectivity index (χ1v) is 11.5. The molecule has 2 bridgehead atoms. The summed E-state index contributed by atoms with van der Waals surface area (Å²) in [6, 6.07) is 10.7. The van der Waals surface area contributed by atoms with E-state index < -0.39 is 24.1 Å². The van der Waals surface area contributed by atoms with Crippen molar-refractivity contribution in [3.8, 4) is 23.1 Å². The third-order valence-electron chi connectivity index (χ3n) is 7.07. The monoisotopic (exact) mass is 521 g/mol. The lowest BCUT2D eigenvalue weighted by molar-refractivity contribution is -0.286. The van der Waals surface area contributed by atoms with Crippen molar-refractivity contribution in [2.75, 3.05) is 18.6 Å². The predicted molar refractivity (Wildman–Crippen MR) is 119 cm³/mol. The third kappa shape index (κ3) is 4.13. The van der Waals surface area contributed by atoms with E-state index in [-0.39, 0.29) is 39.7 Å². The van der Waals surface area contributed by atoms with Crippen LogP contribution >= 0.6 is 0 Å². The van der Waals surface area contributed by atoms with Crippen LogP contribution in [0.1, 0.15) is 35.3 Å². The Labute approximate surface area is 207 Å². The first kappa shape index (κ1) is 23.6. The molecule has 3 aliphatic carbocycles. The van der Waals surface area contributed by atoms with Crippen molar-refractivity contribution >= 4 is 11.6 Å². The summed E-state index contributed by atoms with van der Waals surface area (Å²) in [4.78, 5) is 14.4. The van der Waals surface area contributed by atoms with E-state index in [1.807, 2.05) is 0 Å². The molecule has 1 aromatic heterocycles. The van der Waals surface area contributed by atoms with Crippen LogP contribution in [-0.4, -0.2) is 35.6 Å². The third-order valence-corrected chi connectivity index (χ3v) is 7.07. The van der Waals surface area contributed by atoms with Crippen molar-refractivity contribution in [1.29, 1.82) is 0 Å². The zero-order chi connectivity index (χ0) is 26.2.